The number of nitrogens with one attached hydrogen (secondary N) is 2. The van der Waals surface area contributed by atoms with E-state index in [0.717, 1.165) is 11.3 Å². The molecule has 2 aromatic carbocycles. The molecular weight excluding hydrogens is 390 g/mol. The number of carbonyl (C=O) groups is 2. The molecule has 0 aromatic heterocycles. The van der Waals surface area contributed by atoms with E-state index in [1.165, 1.54) is 12.1 Å². The van der Waals surface area contributed by atoms with Crippen LogP contribution in [0.4, 0.5) is 11.4 Å². The van der Waals surface area contributed by atoms with Crippen LogP contribution >= 0.6 is 0 Å². The third-order valence-electron chi connectivity index (χ3n) is 4.66. The number of hydrogen-bond acceptors (Lipinski definition) is 4. The highest BCUT2D eigenvalue weighted by Gasteiger charge is 2.35. The van der Waals surface area contributed by atoms with Gasteiger partial charge in [0.1, 0.15) is 0 Å². The number of anilines is 2. The van der Waals surface area contributed by atoms with Gasteiger partial charge in [0.15, 0.2) is 0 Å². The van der Waals surface area contributed by atoms with Crippen molar-refractivity contribution in [3.63, 3.8) is 0 Å². The fourth-order valence-electron chi connectivity index (χ4n) is 3.20. The van der Waals surface area contributed by atoms with Crippen LogP contribution in [0, 0.1) is 12.8 Å². The summed E-state index contributed by atoms with van der Waals surface area (Å²) in [4.78, 5) is 26.7. The lowest BCUT2D eigenvalue weighted by molar-refractivity contribution is -0.122. The molecule has 1 fully saturated rings. The van der Waals surface area contributed by atoms with Gasteiger partial charge in [0.05, 0.1) is 10.8 Å². The van der Waals surface area contributed by atoms with E-state index in [1.54, 1.807) is 30.9 Å². The first-order valence-corrected chi connectivity index (χ1v) is 10.9. The molecule has 2 aromatic rings. The molecule has 2 N–H and O–H groups in total. The first-order chi connectivity index (χ1) is 13.7. The average molecular weight is 416 g/mol. The van der Waals surface area contributed by atoms with Crippen molar-refractivity contribution in [2.45, 2.75) is 38.1 Å². The van der Waals surface area contributed by atoms with Gasteiger partial charge in [0.2, 0.25) is 21.8 Å². The quantitative estimate of drug-likeness (QED) is 0.758. The fraction of sp³-hybridized carbons (Fsp3) is 0.333. The molecule has 1 aliphatic rings. The van der Waals surface area contributed by atoms with Crippen LogP contribution in [0.15, 0.2) is 53.4 Å². The number of rotatable bonds is 6. The van der Waals surface area contributed by atoms with Gasteiger partial charge in [0.25, 0.3) is 0 Å². The minimum Gasteiger partial charge on any atom is -0.326 e. The van der Waals surface area contributed by atoms with Crippen molar-refractivity contribution < 1.29 is 18.0 Å². The van der Waals surface area contributed by atoms with Crippen LogP contribution in [0.25, 0.3) is 0 Å². The average Bonchev–Trinajstić information content (AvgIpc) is 3.04. The zero-order valence-corrected chi connectivity index (χ0v) is 17.5. The van der Waals surface area contributed by atoms with Crippen LogP contribution in [-0.4, -0.2) is 32.8 Å². The van der Waals surface area contributed by atoms with E-state index in [9.17, 15) is 18.0 Å². The van der Waals surface area contributed by atoms with E-state index >= 15 is 0 Å². The number of hydrogen-bond donors (Lipinski definition) is 2. The Bertz CT molecular complexity index is 999. The number of carbonyl (C=O) groups excluding carboxylic acids is 2. The van der Waals surface area contributed by atoms with Crippen molar-refractivity contribution in [1.29, 1.82) is 0 Å². The molecule has 1 atom stereocenters. The molecule has 1 aliphatic heterocycles. The summed E-state index contributed by atoms with van der Waals surface area (Å²) in [5, 5.41) is 2.77. The van der Waals surface area contributed by atoms with Crippen LogP contribution in [0.3, 0.4) is 0 Å². The van der Waals surface area contributed by atoms with Crippen molar-refractivity contribution in [2.75, 3.05) is 16.8 Å². The Morgan fingerprint density at radius 1 is 1.07 bits per heavy atom. The molecule has 7 nitrogen and oxygen atoms in total. The summed E-state index contributed by atoms with van der Waals surface area (Å²) in [6.07, 6.45) is 0.143. The summed E-state index contributed by atoms with van der Waals surface area (Å²) < 4.78 is 26.9. The number of aryl methyl sites for hydroxylation is 1. The third kappa shape index (κ3) is 5.02. The van der Waals surface area contributed by atoms with Gasteiger partial charge in [-0.2, -0.15) is 0 Å². The number of amides is 2. The largest absolute Gasteiger partial charge is 0.326 e. The van der Waals surface area contributed by atoms with Gasteiger partial charge >= 0.3 is 0 Å². The summed E-state index contributed by atoms with van der Waals surface area (Å²) in [5.41, 5.74) is 2.37. The molecule has 0 unspecified atom stereocenters. The second-order valence-corrected chi connectivity index (χ2v) is 9.24. The van der Waals surface area contributed by atoms with E-state index in [1.807, 2.05) is 31.2 Å². The SMILES string of the molecule is Cc1ccc(N2C[C@@H](C(=O)Nc3ccc(S(=O)(=O)NC(C)C)cc3)CC2=O)cc1. The fourth-order valence-corrected chi connectivity index (χ4v) is 4.45. The van der Waals surface area contributed by atoms with E-state index in [0.29, 0.717) is 12.2 Å². The molecule has 1 heterocycles. The zero-order valence-electron chi connectivity index (χ0n) is 16.7. The lowest BCUT2D eigenvalue weighted by atomic mass is 10.1. The number of sulfonamides is 1. The highest BCUT2D eigenvalue weighted by molar-refractivity contribution is 7.89. The first kappa shape index (κ1) is 21.0. The molecule has 29 heavy (non-hydrogen) atoms. The molecule has 0 bridgehead atoms. The smallest absolute Gasteiger partial charge is 0.240 e. The summed E-state index contributed by atoms with van der Waals surface area (Å²) in [6, 6.07) is 13.4. The first-order valence-electron chi connectivity index (χ1n) is 9.46. The lowest BCUT2D eigenvalue weighted by Crippen LogP contribution is -2.30. The van der Waals surface area contributed by atoms with Crippen LogP contribution < -0.4 is 14.9 Å². The number of nitrogens with zero attached hydrogens (tertiary/aromatic N) is 1. The van der Waals surface area contributed by atoms with Crippen molar-refractivity contribution >= 4 is 33.2 Å². The maximum atomic E-state index is 12.6. The van der Waals surface area contributed by atoms with E-state index in [-0.39, 0.29) is 29.2 Å². The Kier molecular flexibility index (Phi) is 6.04. The third-order valence-corrected chi connectivity index (χ3v) is 6.34. The van der Waals surface area contributed by atoms with Gasteiger partial charge < -0.3 is 10.2 Å². The van der Waals surface area contributed by atoms with Gasteiger partial charge in [0, 0.05) is 30.4 Å². The second-order valence-electron chi connectivity index (χ2n) is 7.53. The molecule has 8 heteroatoms. The van der Waals surface area contributed by atoms with Gasteiger partial charge in [-0.1, -0.05) is 17.7 Å². The summed E-state index contributed by atoms with van der Waals surface area (Å²) in [7, 11) is -3.58. The molecule has 0 aliphatic carbocycles. The topological polar surface area (TPSA) is 95.6 Å². The maximum absolute atomic E-state index is 12.6. The van der Waals surface area contributed by atoms with Crippen LogP contribution in [0.2, 0.25) is 0 Å². The summed E-state index contributed by atoms with van der Waals surface area (Å²) in [6.45, 7) is 5.78. The predicted molar refractivity (Wildman–Crippen MR) is 112 cm³/mol. The number of benzene rings is 2. The van der Waals surface area contributed by atoms with E-state index < -0.39 is 15.9 Å². The van der Waals surface area contributed by atoms with Crippen LogP contribution in [0.1, 0.15) is 25.8 Å². The predicted octanol–water partition coefficient (Wildman–Crippen LogP) is 2.67. The molecule has 0 radical (unpaired) electrons. The van der Waals surface area contributed by atoms with E-state index in [2.05, 4.69) is 10.0 Å². The van der Waals surface area contributed by atoms with E-state index in [4.69, 9.17) is 0 Å². The molecule has 2 amide bonds. The van der Waals surface area contributed by atoms with Gasteiger partial charge in [-0.25, -0.2) is 13.1 Å². The molecule has 3 rings (SSSR count). The Balaban J connectivity index is 1.65. The molecule has 154 valence electrons. The van der Waals surface area contributed by atoms with Gasteiger partial charge in [-0.3, -0.25) is 9.59 Å². The Morgan fingerprint density at radius 3 is 2.28 bits per heavy atom. The highest BCUT2D eigenvalue weighted by Crippen LogP contribution is 2.26. The molecule has 1 saturated heterocycles. The monoisotopic (exact) mass is 415 g/mol. The normalized spacial score (nSPS) is 17.0. The minimum absolute atomic E-state index is 0.0878. The van der Waals surface area contributed by atoms with Crippen molar-refractivity contribution in [3.05, 3.63) is 54.1 Å². The van der Waals surface area contributed by atoms with Crippen LogP contribution in [0.5, 0.6) is 0 Å². The second kappa shape index (κ2) is 8.34. The Hall–Kier alpha value is -2.71. The summed E-state index contributed by atoms with van der Waals surface area (Å²) >= 11 is 0. The lowest BCUT2D eigenvalue weighted by Gasteiger charge is -2.17. The maximum Gasteiger partial charge on any atom is 0.240 e. The van der Waals surface area contributed by atoms with Crippen LogP contribution in [-0.2, 0) is 19.6 Å². The van der Waals surface area contributed by atoms with Gasteiger partial charge in [-0.05, 0) is 57.2 Å². The zero-order chi connectivity index (χ0) is 21.2. The molecule has 0 spiro atoms. The summed E-state index contributed by atoms with van der Waals surface area (Å²) in [5.74, 6) is -0.811. The van der Waals surface area contributed by atoms with Gasteiger partial charge in [-0.15, -0.1) is 0 Å². The molecular formula is C21H25N3O4S. The minimum atomic E-state index is -3.58. The van der Waals surface area contributed by atoms with Crippen molar-refractivity contribution in [1.82, 2.24) is 4.72 Å². The molecule has 0 saturated carbocycles. The Labute approximate surface area is 171 Å². The van der Waals surface area contributed by atoms with Crippen molar-refractivity contribution in [2.24, 2.45) is 5.92 Å². The standard InChI is InChI=1S/C21H25N3O4S/c1-14(2)23-29(27,28)19-10-6-17(7-11-19)22-21(26)16-12-20(25)24(13-16)18-8-4-15(3)5-9-18/h4-11,14,16,23H,12-13H2,1-3H3,(H,22,26)/t16-/m0/s1. The highest BCUT2D eigenvalue weighted by atomic mass is 32.2. The Morgan fingerprint density at radius 2 is 1.69 bits per heavy atom. The van der Waals surface area contributed by atoms with Crippen molar-refractivity contribution in [3.8, 4) is 0 Å².